The molecule has 0 aliphatic rings. The molecular weight excluding hydrogens is 512 g/mol. The van der Waals surface area contributed by atoms with Crippen LogP contribution >= 0.6 is 0 Å². The third kappa shape index (κ3) is 6.36. The highest BCUT2D eigenvalue weighted by Gasteiger charge is 2.31. The molecule has 2 N–H and O–H groups in total. The summed E-state index contributed by atoms with van der Waals surface area (Å²) in [5, 5.41) is 4.21. The Labute approximate surface area is 232 Å². The normalized spacial score (nSPS) is 11.9. The van der Waals surface area contributed by atoms with Crippen LogP contribution in [-0.4, -0.2) is 43.1 Å². The number of hydrogen-bond acceptors (Lipinski definition) is 8. The Bertz CT molecular complexity index is 1530. The van der Waals surface area contributed by atoms with Gasteiger partial charge in [0.25, 0.3) is 11.3 Å². The van der Waals surface area contributed by atoms with Crippen LogP contribution in [0.15, 0.2) is 58.1 Å². The molecule has 3 heterocycles. The molecule has 1 aromatic carbocycles. The first kappa shape index (κ1) is 28.5. The maximum atomic E-state index is 13.8. The quantitative estimate of drug-likeness (QED) is 0.277. The van der Waals surface area contributed by atoms with Crippen molar-refractivity contribution in [1.82, 2.24) is 24.6 Å². The zero-order valence-corrected chi connectivity index (χ0v) is 23.0. The number of primary amides is 1. The number of aromatic nitrogens is 4. The number of fused-ring (bicyclic) bond motifs is 1. The fourth-order valence-corrected chi connectivity index (χ4v) is 4.63. The first-order chi connectivity index (χ1) is 19.3. The number of unbranched alkanes of at least 4 members (excludes halogenated alkanes) is 1. The van der Waals surface area contributed by atoms with Crippen LogP contribution in [0.5, 0.6) is 5.75 Å². The lowest BCUT2D eigenvalue weighted by Gasteiger charge is -2.31. The summed E-state index contributed by atoms with van der Waals surface area (Å²) in [5.74, 6) is 0.0586. The van der Waals surface area contributed by atoms with E-state index in [1.54, 1.807) is 13.1 Å². The third-order valence-corrected chi connectivity index (χ3v) is 6.74. The zero-order chi connectivity index (χ0) is 28.6. The number of benzene rings is 1. The third-order valence-electron chi connectivity index (χ3n) is 6.74. The number of nitrogens with zero attached hydrogens (tertiary/aromatic N) is 5. The highest BCUT2D eigenvalue weighted by atomic mass is 16.6. The van der Waals surface area contributed by atoms with E-state index in [1.807, 2.05) is 43.3 Å². The van der Waals surface area contributed by atoms with E-state index in [0.717, 1.165) is 30.4 Å². The minimum atomic E-state index is -0.742. The molecule has 40 heavy (non-hydrogen) atoms. The molecule has 1 atom stereocenters. The van der Waals surface area contributed by atoms with Gasteiger partial charge in [-0.05, 0) is 43.4 Å². The van der Waals surface area contributed by atoms with Crippen LogP contribution < -0.4 is 16.0 Å². The summed E-state index contributed by atoms with van der Waals surface area (Å²) in [4.78, 5) is 49.4. The van der Waals surface area contributed by atoms with Gasteiger partial charge in [-0.1, -0.05) is 55.8 Å². The summed E-state index contributed by atoms with van der Waals surface area (Å²) in [6, 6.07) is 10.5. The molecule has 0 radical (unpaired) electrons. The van der Waals surface area contributed by atoms with E-state index in [2.05, 4.69) is 22.0 Å². The Morgan fingerprint density at radius 1 is 1.18 bits per heavy atom. The molecule has 0 saturated heterocycles. The molecule has 0 aliphatic carbocycles. The fourth-order valence-electron chi connectivity index (χ4n) is 4.63. The maximum Gasteiger partial charge on any atom is 0.415 e. The molecular formula is C29H34N6O5. The number of aryl methyl sites for hydroxylation is 2. The molecule has 3 aromatic heterocycles. The van der Waals surface area contributed by atoms with Crippen LogP contribution in [0.1, 0.15) is 68.2 Å². The number of pyridine rings is 1. The number of hydrogen-bond donors (Lipinski definition) is 1. The van der Waals surface area contributed by atoms with Gasteiger partial charge < -0.3 is 15.0 Å². The SMILES string of the molecule is CCCCc1ccncc1OC(=O)N(CCC(N)=O)C(CC)c1nc2onc(C)c2c(=O)n1Cc1ccccc1. The number of carbonyl (C=O) groups excluding carboxylic acids is 2. The second-order valence-electron chi connectivity index (χ2n) is 9.58. The van der Waals surface area contributed by atoms with Gasteiger partial charge in [-0.25, -0.2) is 4.79 Å². The Morgan fingerprint density at radius 3 is 2.65 bits per heavy atom. The lowest BCUT2D eigenvalue weighted by Crippen LogP contribution is -2.42. The topological polar surface area (TPSA) is 146 Å². The maximum absolute atomic E-state index is 13.8. The van der Waals surface area contributed by atoms with Crippen molar-refractivity contribution < 1.29 is 18.8 Å². The molecule has 0 bridgehead atoms. The van der Waals surface area contributed by atoms with E-state index in [-0.39, 0.29) is 36.2 Å². The van der Waals surface area contributed by atoms with E-state index in [9.17, 15) is 14.4 Å². The highest BCUT2D eigenvalue weighted by molar-refractivity contribution is 5.77. The molecule has 11 heteroatoms. The molecule has 4 rings (SSSR count). The van der Waals surface area contributed by atoms with Crippen molar-refractivity contribution in [2.24, 2.45) is 5.73 Å². The van der Waals surface area contributed by atoms with Gasteiger partial charge in [0.05, 0.1) is 24.5 Å². The number of rotatable bonds is 12. The lowest BCUT2D eigenvalue weighted by molar-refractivity contribution is -0.118. The van der Waals surface area contributed by atoms with Gasteiger partial charge in [-0.3, -0.25) is 24.0 Å². The second-order valence-corrected chi connectivity index (χ2v) is 9.58. The van der Waals surface area contributed by atoms with E-state index >= 15 is 0 Å². The second kappa shape index (κ2) is 13.0. The van der Waals surface area contributed by atoms with Crippen molar-refractivity contribution in [3.05, 3.63) is 81.8 Å². The Kier molecular flexibility index (Phi) is 9.26. The number of ether oxygens (including phenoxy) is 1. The van der Waals surface area contributed by atoms with E-state index < -0.39 is 18.0 Å². The van der Waals surface area contributed by atoms with Crippen LogP contribution in [0, 0.1) is 6.92 Å². The number of nitrogens with two attached hydrogens (primary N) is 1. The van der Waals surface area contributed by atoms with Crippen molar-refractivity contribution in [2.75, 3.05) is 6.54 Å². The summed E-state index contributed by atoms with van der Waals surface area (Å²) in [6.07, 6.45) is 5.34. The van der Waals surface area contributed by atoms with Gasteiger partial charge in [0.15, 0.2) is 5.75 Å². The molecule has 0 fully saturated rings. The molecule has 0 aliphatic heterocycles. The number of amides is 2. The van der Waals surface area contributed by atoms with Gasteiger partial charge in [0.2, 0.25) is 5.91 Å². The highest BCUT2D eigenvalue weighted by Crippen LogP contribution is 2.28. The van der Waals surface area contributed by atoms with Gasteiger partial charge in [-0.15, -0.1) is 0 Å². The van der Waals surface area contributed by atoms with E-state index in [0.29, 0.717) is 23.7 Å². The molecule has 0 saturated carbocycles. The molecule has 4 aromatic rings. The molecule has 0 spiro atoms. The summed E-state index contributed by atoms with van der Waals surface area (Å²) in [5.41, 5.74) is 7.36. The van der Waals surface area contributed by atoms with Crippen molar-refractivity contribution >= 4 is 23.1 Å². The van der Waals surface area contributed by atoms with Crippen LogP contribution in [0.25, 0.3) is 11.1 Å². The first-order valence-electron chi connectivity index (χ1n) is 13.4. The van der Waals surface area contributed by atoms with Gasteiger partial charge >= 0.3 is 6.09 Å². The van der Waals surface area contributed by atoms with Crippen LogP contribution in [0.2, 0.25) is 0 Å². The first-order valence-corrected chi connectivity index (χ1v) is 13.4. The molecule has 1 unspecified atom stereocenters. The summed E-state index contributed by atoms with van der Waals surface area (Å²) >= 11 is 0. The number of carbonyl (C=O) groups is 2. The summed E-state index contributed by atoms with van der Waals surface area (Å²) < 4.78 is 12.7. The van der Waals surface area contributed by atoms with E-state index in [4.69, 9.17) is 15.0 Å². The Hall–Kier alpha value is -4.54. The van der Waals surface area contributed by atoms with Crippen molar-refractivity contribution in [1.29, 1.82) is 0 Å². The Morgan fingerprint density at radius 2 is 1.95 bits per heavy atom. The Balaban J connectivity index is 1.79. The predicted molar refractivity (Wildman–Crippen MR) is 149 cm³/mol. The predicted octanol–water partition coefficient (Wildman–Crippen LogP) is 4.31. The minimum Gasteiger partial charge on any atom is -0.408 e. The molecule has 2 amide bonds. The fraction of sp³-hybridized carbons (Fsp3) is 0.379. The molecule has 11 nitrogen and oxygen atoms in total. The van der Waals surface area contributed by atoms with Gasteiger partial charge in [-0.2, -0.15) is 4.98 Å². The zero-order valence-electron chi connectivity index (χ0n) is 23.0. The molecule has 210 valence electrons. The average Bonchev–Trinajstić information content (AvgIpc) is 3.33. The van der Waals surface area contributed by atoms with Gasteiger partial charge in [0, 0.05) is 19.2 Å². The van der Waals surface area contributed by atoms with Crippen LogP contribution in [0.4, 0.5) is 4.79 Å². The van der Waals surface area contributed by atoms with Crippen molar-refractivity contribution in [3.8, 4) is 5.75 Å². The largest absolute Gasteiger partial charge is 0.415 e. The van der Waals surface area contributed by atoms with Gasteiger partial charge in [0.1, 0.15) is 11.2 Å². The van der Waals surface area contributed by atoms with Crippen LogP contribution in [0.3, 0.4) is 0 Å². The average molecular weight is 547 g/mol. The summed E-state index contributed by atoms with van der Waals surface area (Å²) in [7, 11) is 0. The van der Waals surface area contributed by atoms with E-state index in [1.165, 1.54) is 15.7 Å². The van der Waals surface area contributed by atoms with Crippen LogP contribution in [-0.2, 0) is 17.8 Å². The lowest BCUT2D eigenvalue weighted by atomic mass is 10.1. The summed E-state index contributed by atoms with van der Waals surface area (Å²) in [6.45, 7) is 5.80. The minimum absolute atomic E-state index is 0.0358. The smallest absolute Gasteiger partial charge is 0.408 e. The van der Waals surface area contributed by atoms with Crippen molar-refractivity contribution in [2.45, 2.75) is 65.5 Å². The standard InChI is InChI=1S/C29H34N6O5/c1-4-6-12-21-13-15-31-17-23(21)39-29(38)34(16-14-24(30)36)22(5-2)26-32-27-25(19(3)33-40-27)28(37)35(26)18-20-10-8-7-9-11-20/h7-11,13,15,17,22H,4-6,12,14,16,18H2,1-3H3,(H2,30,36). The monoisotopic (exact) mass is 546 g/mol. The van der Waals surface area contributed by atoms with Crippen molar-refractivity contribution in [3.63, 3.8) is 0 Å².